The Morgan fingerprint density at radius 1 is 1.42 bits per heavy atom. The van der Waals surface area contributed by atoms with Gasteiger partial charge in [-0.25, -0.2) is 0 Å². The minimum atomic E-state index is -5.09. The molecule has 1 aromatic rings. The molecule has 1 amide bonds. The maximum atomic E-state index is 13.2. The van der Waals surface area contributed by atoms with Crippen molar-refractivity contribution in [2.24, 2.45) is 5.10 Å². The van der Waals surface area contributed by atoms with Gasteiger partial charge in [0, 0.05) is 24.3 Å². The first-order chi connectivity index (χ1) is 12.1. The zero-order valence-corrected chi connectivity index (χ0v) is 13.7. The molecule has 1 aliphatic heterocycles. The molecule has 11 heteroatoms. The molecule has 142 valence electrons. The number of non-ortho nitro benzene ring substituents is 1. The lowest BCUT2D eigenvalue weighted by Crippen LogP contribution is -2.57. The van der Waals surface area contributed by atoms with Gasteiger partial charge in [-0.2, -0.15) is 23.3 Å². The van der Waals surface area contributed by atoms with Gasteiger partial charge in [0.1, 0.15) is 5.75 Å². The number of carbonyl (C=O) groups excluding carboxylic acids is 1. The highest BCUT2D eigenvalue weighted by Gasteiger charge is 2.63. The van der Waals surface area contributed by atoms with Crippen LogP contribution in [-0.4, -0.2) is 45.2 Å². The molecule has 1 heterocycles. The summed E-state index contributed by atoms with van der Waals surface area (Å²) >= 11 is 0. The molecule has 26 heavy (non-hydrogen) atoms. The summed E-state index contributed by atoms with van der Waals surface area (Å²) in [7, 11) is 0. The van der Waals surface area contributed by atoms with E-state index in [0.717, 1.165) is 12.1 Å². The molecule has 8 nitrogen and oxygen atoms in total. The van der Waals surface area contributed by atoms with E-state index in [1.165, 1.54) is 12.1 Å². The van der Waals surface area contributed by atoms with Crippen LogP contribution in [-0.2, 0) is 4.79 Å². The van der Waals surface area contributed by atoms with Gasteiger partial charge in [0.15, 0.2) is 6.61 Å². The van der Waals surface area contributed by atoms with Crippen molar-refractivity contribution in [3.05, 3.63) is 34.4 Å². The van der Waals surface area contributed by atoms with Crippen LogP contribution in [0.15, 0.2) is 29.4 Å². The third-order valence-electron chi connectivity index (χ3n) is 3.68. The van der Waals surface area contributed by atoms with Gasteiger partial charge in [-0.05, 0) is 18.6 Å². The predicted molar refractivity (Wildman–Crippen MR) is 83.4 cm³/mol. The number of nitrogens with zero attached hydrogens (tertiary/aromatic N) is 3. The number of alkyl halides is 3. The van der Waals surface area contributed by atoms with Gasteiger partial charge in [-0.3, -0.25) is 14.9 Å². The summed E-state index contributed by atoms with van der Waals surface area (Å²) in [5.74, 6) is -1.13. The van der Waals surface area contributed by atoms with E-state index in [-0.39, 0.29) is 28.6 Å². The van der Waals surface area contributed by atoms with E-state index in [4.69, 9.17) is 4.74 Å². The molecule has 0 aromatic heterocycles. The smallest absolute Gasteiger partial charge is 0.438 e. The Morgan fingerprint density at radius 2 is 2.04 bits per heavy atom. The monoisotopic (exact) mass is 375 g/mol. The number of ether oxygens (including phenoxy) is 1. The highest BCUT2D eigenvalue weighted by molar-refractivity contribution is 5.91. The Balaban J connectivity index is 2.11. The molecule has 2 rings (SSSR count). The Bertz CT molecular complexity index is 720. The summed E-state index contributed by atoms with van der Waals surface area (Å²) in [6, 6.07) is 4.66. The molecule has 0 saturated heterocycles. The lowest BCUT2D eigenvalue weighted by atomic mass is 10.0. The van der Waals surface area contributed by atoms with Crippen LogP contribution >= 0.6 is 0 Å². The zero-order chi connectivity index (χ0) is 19.5. The SMILES string of the molecule is CCCC1=NN(C(=O)COc2ccc([N+](=O)[O-])cc2)[C@](O)(C(F)(F)F)C1. The number of amides is 1. The molecule has 1 aliphatic rings. The summed E-state index contributed by atoms with van der Waals surface area (Å²) < 4.78 is 44.7. The van der Waals surface area contributed by atoms with Crippen LogP contribution in [0.5, 0.6) is 5.75 Å². The van der Waals surface area contributed by atoms with E-state index in [0.29, 0.717) is 6.42 Å². The third-order valence-corrected chi connectivity index (χ3v) is 3.68. The van der Waals surface area contributed by atoms with E-state index in [1.54, 1.807) is 6.92 Å². The van der Waals surface area contributed by atoms with Crippen molar-refractivity contribution in [2.75, 3.05) is 6.61 Å². The first kappa shape index (κ1) is 19.6. The van der Waals surface area contributed by atoms with Crippen molar-refractivity contribution < 1.29 is 32.7 Å². The van der Waals surface area contributed by atoms with Crippen molar-refractivity contribution >= 4 is 17.3 Å². The molecule has 0 aliphatic carbocycles. The summed E-state index contributed by atoms with van der Waals surface area (Å²) in [5.41, 5.74) is -3.55. The van der Waals surface area contributed by atoms with Crippen molar-refractivity contribution in [3.8, 4) is 5.75 Å². The van der Waals surface area contributed by atoms with E-state index in [1.807, 2.05) is 0 Å². The first-order valence-corrected chi connectivity index (χ1v) is 7.64. The van der Waals surface area contributed by atoms with Crippen molar-refractivity contribution in [1.82, 2.24) is 5.01 Å². The van der Waals surface area contributed by atoms with Crippen LogP contribution in [0.4, 0.5) is 18.9 Å². The second kappa shape index (κ2) is 7.28. The molecule has 1 N–H and O–H groups in total. The number of carbonyl (C=O) groups is 1. The Kier molecular flexibility index (Phi) is 5.50. The average Bonchev–Trinajstić information content (AvgIpc) is 2.91. The van der Waals surface area contributed by atoms with Gasteiger partial charge in [-0.15, -0.1) is 0 Å². The number of nitro groups is 1. The number of benzene rings is 1. The Hall–Kier alpha value is -2.69. The molecule has 0 bridgehead atoms. The van der Waals surface area contributed by atoms with Crippen LogP contribution in [0.2, 0.25) is 0 Å². The first-order valence-electron chi connectivity index (χ1n) is 7.64. The molecule has 0 radical (unpaired) electrons. The summed E-state index contributed by atoms with van der Waals surface area (Å²) in [5, 5.41) is 24.2. The zero-order valence-electron chi connectivity index (χ0n) is 13.7. The van der Waals surface area contributed by atoms with Crippen LogP contribution in [0.1, 0.15) is 26.2 Å². The molecule has 0 unspecified atom stereocenters. The quantitative estimate of drug-likeness (QED) is 0.608. The van der Waals surface area contributed by atoms with Gasteiger partial charge in [-0.1, -0.05) is 13.3 Å². The predicted octanol–water partition coefficient (Wildman–Crippen LogP) is 2.61. The normalized spacial score (nSPS) is 20.0. The second-order valence-electron chi connectivity index (χ2n) is 5.65. The van der Waals surface area contributed by atoms with Gasteiger partial charge in [0.05, 0.1) is 4.92 Å². The maximum Gasteiger partial charge on any atom is 0.438 e. The highest BCUT2D eigenvalue weighted by atomic mass is 19.4. The van der Waals surface area contributed by atoms with Crippen LogP contribution in [0.25, 0.3) is 0 Å². The molecule has 1 aromatic carbocycles. The number of halogens is 3. The topological polar surface area (TPSA) is 105 Å². The van der Waals surface area contributed by atoms with Crippen molar-refractivity contribution in [2.45, 2.75) is 38.1 Å². The lowest BCUT2D eigenvalue weighted by Gasteiger charge is -2.32. The fourth-order valence-electron chi connectivity index (χ4n) is 2.40. The number of hydrazone groups is 1. The molecule has 1 atom stereocenters. The van der Waals surface area contributed by atoms with Crippen LogP contribution in [0.3, 0.4) is 0 Å². The van der Waals surface area contributed by atoms with Crippen LogP contribution in [0, 0.1) is 10.1 Å². The number of rotatable bonds is 6. The molecule has 0 spiro atoms. The summed E-state index contributed by atoms with van der Waals surface area (Å²) in [4.78, 5) is 22.1. The van der Waals surface area contributed by atoms with E-state index < -0.39 is 35.8 Å². The number of aliphatic hydroxyl groups is 1. The van der Waals surface area contributed by atoms with E-state index >= 15 is 0 Å². The van der Waals surface area contributed by atoms with Crippen molar-refractivity contribution in [3.63, 3.8) is 0 Å². The highest BCUT2D eigenvalue weighted by Crippen LogP contribution is 2.40. The molecular weight excluding hydrogens is 359 g/mol. The summed E-state index contributed by atoms with van der Waals surface area (Å²) in [6.07, 6.45) is -5.18. The van der Waals surface area contributed by atoms with E-state index in [9.17, 15) is 33.2 Å². The Morgan fingerprint density at radius 3 is 2.54 bits per heavy atom. The number of hydrogen-bond acceptors (Lipinski definition) is 6. The average molecular weight is 375 g/mol. The molecule has 0 saturated carbocycles. The number of nitro benzene ring substituents is 1. The minimum absolute atomic E-state index is 0.00336. The fourth-order valence-corrected chi connectivity index (χ4v) is 2.40. The largest absolute Gasteiger partial charge is 0.484 e. The lowest BCUT2D eigenvalue weighted by molar-refractivity contribution is -0.384. The van der Waals surface area contributed by atoms with Crippen LogP contribution < -0.4 is 4.74 Å². The fraction of sp³-hybridized carbons (Fsp3) is 0.467. The van der Waals surface area contributed by atoms with Crippen molar-refractivity contribution in [1.29, 1.82) is 0 Å². The maximum absolute atomic E-state index is 13.2. The summed E-state index contributed by atoms with van der Waals surface area (Å²) in [6.45, 7) is 0.913. The standard InChI is InChI=1S/C15H16F3N3O5/c1-2-3-10-8-14(23,15(16,17)18)20(19-10)13(22)9-26-12-6-4-11(5-7-12)21(24)25/h4-7,23H,2-3,8-9H2,1H3/t14-/m1/s1. The van der Waals surface area contributed by atoms with Gasteiger partial charge < -0.3 is 9.84 Å². The van der Waals surface area contributed by atoms with Gasteiger partial charge >= 0.3 is 6.18 Å². The molecule has 0 fully saturated rings. The molecular formula is C15H16F3N3O5. The Labute approximate surface area is 146 Å². The minimum Gasteiger partial charge on any atom is -0.484 e. The van der Waals surface area contributed by atoms with E-state index in [2.05, 4.69) is 5.10 Å². The second-order valence-corrected chi connectivity index (χ2v) is 5.65. The third kappa shape index (κ3) is 3.93. The number of hydrogen-bond donors (Lipinski definition) is 1. The van der Waals surface area contributed by atoms with Gasteiger partial charge in [0.25, 0.3) is 17.3 Å². The van der Waals surface area contributed by atoms with Gasteiger partial charge in [0.2, 0.25) is 0 Å².